The van der Waals surface area contributed by atoms with Crippen molar-refractivity contribution < 1.29 is 0 Å². The van der Waals surface area contributed by atoms with E-state index in [1.807, 2.05) is 7.05 Å². The Bertz CT molecular complexity index is 555. The number of hydrogen-bond donors (Lipinski definition) is 1. The van der Waals surface area contributed by atoms with E-state index in [4.69, 9.17) is 4.98 Å². The summed E-state index contributed by atoms with van der Waals surface area (Å²) in [6, 6.07) is 0. The molecule has 0 amide bonds. The van der Waals surface area contributed by atoms with Crippen molar-refractivity contribution in [1.29, 1.82) is 0 Å². The second-order valence-electron chi connectivity index (χ2n) is 5.44. The van der Waals surface area contributed by atoms with Crippen LogP contribution in [0.4, 0.5) is 5.82 Å². The summed E-state index contributed by atoms with van der Waals surface area (Å²) >= 11 is 1.70. The molecule has 20 heavy (non-hydrogen) atoms. The van der Waals surface area contributed by atoms with Gasteiger partial charge in [0.1, 0.15) is 0 Å². The standard InChI is InChI=1S/C14H23N5S/c1-15-11-12-13(16-14-19(12)9-10-20-14)17(2)7-8-18-5-3-4-6-18/h9-10,15H,3-8,11H2,1-2H3. The van der Waals surface area contributed by atoms with E-state index in [1.165, 1.54) is 31.6 Å². The third-order valence-corrected chi connectivity index (χ3v) is 4.75. The van der Waals surface area contributed by atoms with Crippen LogP contribution >= 0.6 is 11.3 Å². The molecule has 0 aliphatic carbocycles. The van der Waals surface area contributed by atoms with Gasteiger partial charge in [0.2, 0.25) is 0 Å². The Kier molecular flexibility index (Phi) is 4.24. The van der Waals surface area contributed by atoms with Gasteiger partial charge in [-0.25, -0.2) is 4.98 Å². The Balaban J connectivity index is 1.73. The number of likely N-dealkylation sites (N-methyl/N-ethyl adjacent to an activating group) is 1. The van der Waals surface area contributed by atoms with Crippen LogP contribution in [-0.2, 0) is 6.54 Å². The minimum Gasteiger partial charge on any atom is -0.357 e. The second-order valence-corrected chi connectivity index (χ2v) is 6.31. The molecule has 3 rings (SSSR count). The number of aromatic nitrogens is 2. The molecule has 1 fully saturated rings. The number of nitrogens with zero attached hydrogens (tertiary/aromatic N) is 4. The van der Waals surface area contributed by atoms with Crippen LogP contribution in [0.1, 0.15) is 18.5 Å². The molecule has 0 radical (unpaired) electrons. The van der Waals surface area contributed by atoms with Crippen LogP contribution in [0.3, 0.4) is 0 Å². The highest BCUT2D eigenvalue weighted by Gasteiger charge is 2.17. The molecule has 0 saturated carbocycles. The molecule has 0 aromatic carbocycles. The molecule has 1 saturated heterocycles. The Morgan fingerprint density at radius 1 is 1.40 bits per heavy atom. The average Bonchev–Trinajstić information content (AvgIpc) is 3.14. The molecule has 0 unspecified atom stereocenters. The first-order valence-corrected chi connectivity index (χ1v) is 8.20. The van der Waals surface area contributed by atoms with Gasteiger partial charge in [-0.1, -0.05) is 0 Å². The third-order valence-electron chi connectivity index (χ3n) is 4.00. The van der Waals surface area contributed by atoms with Crippen LogP contribution in [0.2, 0.25) is 0 Å². The maximum atomic E-state index is 4.79. The molecule has 6 heteroatoms. The van der Waals surface area contributed by atoms with Crippen LogP contribution in [0.15, 0.2) is 11.6 Å². The first kappa shape index (κ1) is 13.9. The van der Waals surface area contributed by atoms with E-state index in [-0.39, 0.29) is 0 Å². The number of imidazole rings is 1. The average molecular weight is 293 g/mol. The van der Waals surface area contributed by atoms with Gasteiger partial charge in [0.05, 0.1) is 5.69 Å². The van der Waals surface area contributed by atoms with E-state index in [1.54, 1.807) is 11.3 Å². The van der Waals surface area contributed by atoms with Crippen molar-refractivity contribution in [3.8, 4) is 0 Å². The van der Waals surface area contributed by atoms with Gasteiger partial charge in [0.25, 0.3) is 0 Å². The predicted molar refractivity (Wildman–Crippen MR) is 84.8 cm³/mol. The molecule has 1 aliphatic heterocycles. The van der Waals surface area contributed by atoms with E-state index in [0.717, 1.165) is 30.4 Å². The fourth-order valence-corrected chi connectivity index (χ4v) is 3.59. The van der Waals surface area contributed by atoms with Crippen molar-refractivity contribution in [1.82, 2.24) is 19.6 Å². The molecule has 110 valence electrons. The number of likely N-dealkylation sites (tertiary alicyclic amines) is 1. The Hall–Kier alpha value is -1.11. The number of anilines is 1. The fraction of sp³-hybridized carbons (Fsp3) is 0.643. The van der Waals surface area contributed by atoms with Gasteiger partial charge in [-0.2, -0.15) is 0 Å². The zero-order valence-corrected chi connectivity index (χ0v) is 13.1. The highest BCUT2D eigenvalue weighted by Crippen LogP contribution is 2.24. The topological polar surface area (TPSA) is 35.8 Å². The van der Waals surface area contributed by atoms with Gasteiger partial charge >= 0.3 is 0 Å². The van der Waals surface area contributed by atoms with E-state index in [2.05, 4.69) is 38.1 Å². The number of rotatable bonds is 6. The van der Waals surface area contributed by atoms with Gasteiger partial charge in [-0.3, -0.25) is 4.40 Å². The minimum atomic E-state index is 0.848. The Morgan fingerprint density at radius 3 is 2.95 bits per heavy atom. The monoisotopic (exact) mass is 293 g/mol. The highest BCUT2D eigenvalue weighted by molar-refractivity contribution is 7.15. The SMILES string of the molecule is CNCc1c(N(C)CCN2CCCC2)nc2sccn12. The van der Waals surface area contributed by atoms with E-state index in [0.29, 0.717) is 0 Å². The lowest BCUT2D eigenvalue weighted by Gasteiger charge is -2.22. The molecule has 1 aliphatic rings. The second kappa shape index (κ2) is 6.11. The molecule has 2 aromatic heterocycles. The largest absolute Gasteiger partial charge is 0.357 e. The van der Waals surface area contributed by atoms with Crippen LogP contribution in [0.5, 0.6) is 0 Å². The lowest BCUT2D eigenvalue weighted by molar-refractivity contribution is 0.346. The van der Waals surface area contributed by atoms with E-state index < -0.39 is 0 Å². The van der Waals surface area contributed by atoms with Crippen molar-refractivity contribution in [2.75, 3.05) is 45.2 Å². The Morgan fingerprint density at radius 2 is 2.20 bits per heavy atom. The van der Waals surface area contributed by atoms with E-state index >= 15 is 0 Å². The van der Waals surface area contributed by atoms with Gasteiger partial charge in [-0.15, -0.1) is 11.3 Å². The van der Waals surface area contributed by atoms with Crippen LogP contribution in [0.25, 0.3) is 4.96 Å². The summed E-state index contributed by atoms with van der Waals surface area (Å²) in [5.74, 6) is 1.12. The molecule has 1 N–H and O–H groups in total. The fourth-order valence-electron chi connectivity index (χ4n) is 2.86. The van der Waals surface area contributed by atoms with E-state index in [9.17, 15) is 0 Å². The summed E-state index contributed by atoms with van der Waals surface area (Å²) in [4.78, 5) is 10.7. The zero-order chi connectivity index (χ0) is 13.9. The highest BCUT2D eigenvalue weighted by atomic mass is 32.1. The van der Waals surface area contributed by atoms with Crippen molar-refractivity contribution in [3.63, 3.8) is 0 Å². The van der Waals surface area contributed by atoms with Gasteiger partial charge < -0.3 is 15.1 Å². The summed E-state index contributed by atoms with van der Waals surface area (Å²) in [6.07, 6.45) is 4.82. The first-order valence-electron chi connectivity index (χ1n) is 7.32. The molecule has 5 nitrogen and oxygen atoms in total. The minimum absolute atomic E-state index is 0.848. The maximum Gasteiger partial charge on any atom is 0.195 e. The summed E-state index contributed by atoms with van der Waals surface area (Å²) < 4.78 is 2.20. The van der Waals surface area contributed by atoms with Gasteiger partial charge in [0, 0.05) is 38.3 Å². The number of nitrogens with one attached hydrogen (secondary N) is 1. The number of thiazole rings is 1. The van der Waals surface area contributed by atoms with Crippen molar-refractivity contribution in [3.05, 3.63) is 17.3 Å². The maximum absolute atomic E-state index is 4.79. The van der Waals surface area contributed by atoms with Crippen molar-refractivity contribution in [2.24, 2.45) is 0 Å². The van der Waals surface area contributed by atoms with Gasteiger partial charge in [0.15, 0.2) is 10.8 Å². The normalized spacial score (nSPS) is 16.3. The first-order chi connectivity index (χ1) is 9.79. The van der Waals surface area contributed by atoms with Crippen LogP contribution < -0.4 is 10.2 Å². The van der Waals surface area contributed by atoms with Crippen molar-refractivity contribution in [2.45, 2.75) is 19.4 Å². The number of fused-ring (bicyclic) bond motifs is 1. The van der Waals surface area contributed by atoms with Crippen LogP contribution in [-0.4, -0.2) is 54.6 Å². The molecular formula is C14H23N5S. The molecule has 0 spiro atoms. The molecule has 2 aromatic rings. The van der Waals surface area contributed by atoms with Gasteiger partial charge in [-0.05, 0) is 33.0 Å². The number of hydrogen-bond acceptors (Lipinski definition) is 5. The summed E-state index contributed by atoms with van der Waals surface area (Å²) in [7, 11) is 4.14. The van der Waals surface area contributed by atoms with Crippen LogP contribution in [0, 0.1) is 0 Å². The summed E-state index contributed by atoms with van der Waals surface area (Å²) in [6.45, 7) is 5.55. The predicted octanol–water partition coefficient (Wildman–Crippen LogP) is 1.65. The molecule has 0 bridgehead atoms. The Labute approximate surface area is 124 Å². The zero-order valence-electron chi connectivity index (χ0n) is 12.3. The lowest BCUT2D eigenvalue weighted by atomic mass is 10.3. The molecule has 3 heterocycles. The smallest absolute Gasteiger partial charge is 0.195 e. The molecular weight excluding hydrogens is 270 g/mol. The molecule has 0 atom stereocenters. The summed E-state index contributed by atoms with van der Waals surface area (Å²) in [5.41, 5.74) is 1.26. The van der Waals surface area contributed by atoms with Crippen molar-refractivity contribution >= 4 is 22.1 Å². The lowest BCUT2D eigenvalue weighted by Crippen LogP contribution is -2.32. The third kappa shape index (κ3) is 2.68. The quantitative estimate of drug-likeness (QED) is 0.878. The summed E-state index contributed by atoms with van der Waals surface area (Å²) in [5, 5.41) is 5.34.